The summed E-state index contributed by atoms with van der Waals surface area (Å²) in [6.45, 7) is 4.46. The van der Waals surface area contributed by atoms with Crippen molar-refractivity contribution in [1.82, 2.24) is 15.0 Å². The summed E-state index contributed by atoms with van der Waals surface area (Å²) >= 11 is 0. The Kier molecular flexibility index (Phi) is 7.44. The van der Waals surface area contributed by atoms with Gasteiger partial charge < -0.3 is 19.1 Å². The van der Waals surface area contributed by atoms with Crippen molar-refractivity contribution in [3.8, 4) is 17.4 Å². The van der Waals surface area contributed by atoms with Crippen molar-refractivity contribution in [2.75, 3.05) is 31.7 Å². The van der Waals surface area contributed by atoms with Crippen LogP contribution in [0.1, 0.15) is 48.7 Å². The summed E-state index contributed by atoms with van der Waals surface area (Å²) in [7, 11) is 1.63. The van der Waals surface area contributed by atoms with Crippen LogP contribution in [0.3, 0.4) is 0 Å². The van der Waals surface area contributed by atoms with Crippen LogP contribution in [-0.4, -0.2) is 47.8 Å². The summed E-state index contributed by atoms with van der Waals surface area (Å²) in [6.07, 6.45) is 4.92. The van der Waals surface area contributed by atoms with Gasteiger partial charge in [-0.3, -0.25) is 0 Å². The molecule has 8 nitrogen and oxygen atoms in total. The van der Waals surface area contributed by atoms with Gasteiger partial charge in [0.1, 0.15) is 11.5 Å². The number of carbonyl (C=O) groups excluding carboxylic acids is 1. The molecule has 174 valence electrons. The zero-order valence-corrected chi connectivity index (χ0v) is 19.2. The topological polar surface area (TPSA) is 78.7 Å². The van der Waals surface area contributed by atoms with Crippen LogP contribution in [-0.2, 0) is 11.3 Å². The van der Waals surface area contributed by atoms with Crippen molar-refractivity contribution in [3.05, 3.63) is 59.8 Å². The average molecular weight is 451 g/mol. The molecule has 0 aliphatic carbocycles. The molecule has 0 amide bonds. The molecule has 4 rings (SSSR count). The third-order valence-electron chi connectivity index (χ3n) is 5.65. The van der Waals surface area contributed by atoms with Gasteiger partial charge in [0.05, 0.1) is 20.3 Å². The standard InChI is InChI=1S/C25H30N4O4/c1-3-32-25(30)23-24(29(27-26-23)18-19-11-13-21(31-2)14-12-19)33-22-10-8-9-20(17-22)28-15-6-4-5-7-16-28/h8-14,17H,3-7,15-16,18H2,1-2H3. The van der Waals surface area contributed by atoms with E-state index < -0.39 is 5.97 Å². The van der Waals surface area contributed by atoms with E-state index >= 15 is 0 Å². The molecule has 2 aromatic carbocycles. The Morgan fingerprint density at radius 2 is 1.76 bits per heavy atom. The predicted octanol–water partition coefficient (Wildman–Crippen LogP) is 4.68. The Hall–Kier alpha value is -3.55. The maximum atomic E-state index is 12.5. The van der Waals surface area contributed by atoms with Crippen molar-refractivity contribution in [2.24, 2.45) is 0 Å². The Labute approximate surface area is 194 Å². The molecule has 3 aromatic rings. The Bertz CT molecular complexity index is 1060. The van der Waals surface area contributed by atoms with Crippen LogP contribution < -0.4 is 14.4 Å². The lowest BCUT2D eigenvalue weighted by Crippen LogP contribution is -2.23. The molecule has 0 radical (unpaired) electrons. The molecule has 0 atom stereocenters. The highest BCUT2D eigenvalue weighted by molar-refractivity contribution is 5.89. The zero-order valence-electron chi connectivity index (χ0n) is 19.2. The minimum absolute atomic E-state index is 0.0607. The third kappa shape index (κ3) is 5.63. The lowest BCUT2D eigenvalue weighted by atomic mass is 10.2. The van der Waals surface area contributed by atoms with Crippen LogP contribution in [0.2, 0.25) is 0 Å². The molecule has 0 saturated carbocycles. The van der Waals surface area contributed by atoms with Crippen LogP contribution in [0.15, 0.2) is 48.5 Å². The molecule has 0 unspecified atom stereocenters. The first-order valence-electron chi connectivity index (χ1n) is 11.4. The number of benzene rings is 2. The third-order valence-corrected chi connectivity index (χ3v) is 5.65. The fourth-order valence-corrected chi connectivity index (χ4v) is 3.92. The van der Waals surface area contributed by atoms with Crippen LogP contribution >= 0.6 is 0 Å². The molecular weight excluding hydrogens is 420 g/mol. The van der Waals surface area contributed by atoms with Gasteiger partial charge >= 0.3 is 5.97 Å². The molecule has 1 aliphatic heterocycles. The molecule has 1 fully saturated rings. The maximum Gasteiger partial charge on any atom is 0.364 e. The number of carbonyl (C=O) groups is 1. The van der Waals surface area contributed by atoms with Crippen molar-refractivity contribution in [3.63, 3.8) is 0 Å². The van der Waals surface area contributed by atoms with Crippen molar-refractivity contribution < 1.29 is 19.0 Å². The van der Waals surface area contributed by atoms with Gasteiger partial charge in [-0.25, -0.2) is 9.48 Å². The van der Waals surface area contributed by atoms with Crippen LogP contribution in [0.4, 0.5) is 5.69 Å². The van der Waals surface area contributed by atoms with E-state index in [4.69, 9.17) is 14.2 Å². The number of anilines is 1. The Morgan fingerprint density at radius 1 is 1.00 bits per heavy atom. The quantitative estimate of drug-likeness (QED) is 0.461. The van der Waals surface area contributed by atoms with E-state index in [2.05, 4.69) is 21.3 Å². The summed E-state index contributed by atoms with van der Waals surface area (Å²) < 4.78 is 18.2. The lowest BCUT2D eigenvalue weighted by molar-refractivity contribution is 0.0516. The highest BCUT2D eigenvalue weighted by atomic mass is 16.5. The monoisotopic (exact) mass is 450 g/mol. The van der Waals surface area contributed by atoms with Gasteiger partial charge in [-0.15, -0.1) is 5.10 Å². The second-order valence-electron chi connectivity index (χ2n) is 7.97. The number of hydrogen-bond acceptors (Lipinski definition) is 7. The van der Waals surface area contributed by atoms with E-state index in [1.807, 2.05) is 42.5 Å². The fourth-order valence-electron chi connectivity index (χ4n) is 3.92. The summed E-state index contributed by atoms with van der Waals surface area (Å²) in [5.41, 5.74) is 2.14. The molecule has 0 spiro atoms. The molecule has 8 heteroatoms. The highest BCUT2D eigenvalue weighted by Crippen LogP contribution is 2.30. The second-order valence-corrected chi connectivity index (χ2v) is 7.97. The van der Waals surface area contributed by atoms with Crippen molar-refractivity contribution in [1.29, 1.82) is 0 Å². The first kappa shape index (κ1) is 22.6. The number of hydrogen-bond donors (Lipinski definition) is 0. The van der Waals surface area contributed by atoms with Crippen molar-refractivity contribution in [2.45, 2.75) is 39.2 Å². The first-order chi connectivity index (χ1) is 16.2. The summed E-state index contributed by atoms with van der Waals surface area (Å²) in [5, 5.41) is 8.24. The minimum atomic E-state index is -0.558. The Balaban J connectivity index is 1.61. The number of rotatable bonds is 8. The maximum absolute atomic E-state index is 12.5. The number of aromatic nitrogens is 3. The Morgan fingerprint density at radius 3 is 2.45 bits per heavy atom. The predicted molar refractivity (Wildman–Crippen MR) is 125 cm³/mol. The minimum Gasteiger partial charge on any atom is -0.497 e. The van der Waals surface area contributed by atoms with E-state index in [0.29, 0.717) is 12.3 Å². The van der Waals surface area contributed by atoms with Gasteiger partial charge in [-0.1, -0.05) is 36.3 Å². The van der Waals surface area contributed by atoms with E-state index in [9.17, 15) is 4.79 Å². The van der Waals surface area contributed by atoms with Gasteiger partial charge in [-0.2, -0.15) is 0 Å². The molecule has 1 saturated heterocycles. The van der Waals surface area contributed by atoms with E-state index in [1.165, 1.54) is 25.7 Å². The van der Waals surface area contributed by atoms with Gasteiger partial charge in [0.25, 0.3) is 5.88 Å². The smallest absolute Gasteiger partial charge is 0.364 e. The zero-order chi connectivity index (χ0) is 23.0. The summed E-state index contributed by atoms with van der Waals surface area (Å²) in [6, 6.07) is 15.6. The molecule has 0 bridgehead atoms. The molecule has 1 aromatic heterocycles. The molecule has 2 heterocycles. The first-order valence-corrected chi connectivity index (χ1v) is 11.4. The van der Waals surface area contributed by atoms with Crippen LogP contribution in [0.5, 0.6) is 17.4 Å². The second kappa shape index (κ2) is 10.8. The molecule has 33 heavy (non-hydrogen) atoms. The van der Waals surface area contributed by atoms with Gasteiger partial charge in [0.15, 0.2) is 0 Å². The largest absolute Gasteiger partial charge is 0.497 e. The summed E-state index contributed by atoms with van der Waals surface area (Å²) in [4.78, 5) is 14.9. The summed E-state index contributed by atoms with van der Waals surface area (Å²) in [5.74, 6) is 1.10. The van der Waals surface area contributed by atoms with Crippen LogP contribution in [0.25, 0.3) is 0 Å². The fraction of sp³-hybridized carbons (Fsp3) is 0.400. The molecule has 1 aliphatic rings. The SMILES string of the molecule is CCOC(=O)c1nnn(Cc2ccc(OC)cc2)c1Oc1cccc(N2CCCCCC2)c1. The number of ether oxygens (including phenoxy) is 3. The molecular formula is C25H30N4O4. The molecule has 0 N–H and O–H groups in total. The normalized spacial score (nSPS) is 13.9. The van der Waals surface area contributed by atoms with E-state index in [1.54, 1.807) is 18.7 Å². The number of methoxy groups -OCH3 is 1. The number of nitrogens with zero attached hydrogens (tertiary/aromatic N) is 4. The van der Waals surface area contributed by atoms with Crippen LogP contribution in [0, 0.1) is 0 Å². The van der Waals surface area contributed by atoms with E-state index in [-0.39, 0.29) is 18.2 Å². The van der Waals surface area contributed by atoms with Gasteiger partial charge in [0.2, 0.25) is 5.69 Å². The average Bonchev–Trinajstić information content (AvgIpc) is 3.04. The lowest BCUT2D eigenvalue weighted by Gasteiger charge is -2.23. The van der Waals surface area contributed by atoms with Crippen molar-refractivity contribution >= 4 is 11.7 Å². The van der Waals surface area contributed by atoms with Gasteiger partial charge in [0, 0.05) is 24.8 Å². The number of esters is 1. The highest BCUT2D eigenvalue weighted by Gasteiger charge is 2.24. The van der Waals surface area contributed by atoms with Gasteiger partial charge in [-0.05, 0) is 49.6 Å². The van der Waals surface area contributed by atoms with E-state index in [0.717, 1.165) is 30.1 Å².